The van der Waals surface area contributed by atoms with Crippen LogP contribution < -0.4 is 0 Å². The fraction of sp³-hybridized carbons (Fsp3) is 0.227. The van der Waals surface area contributed by atoms with Gasteiger partial charge in [-0.25, -0.2) is 0 Å². The van der Waals surface area contributed by atoms with Crippen LogP contribution in [-0.2, 0) is 11.3 Å². The van der Waals surface area contributed by atoms with Crippen LogP contribution in [-0.4, -0.2) is 4.98 Å². The van der Waals surface area contributed by atoms with Crippen molar-refractivity contribution in [3.05, 3.63) is 89.6 Å². The largest absolute Gasteiger partial charge is 0.298 e. The van der Waals surface area contributed by atoms with E-state index in [1.807, 2.05) is 12.1 Å². The Morgan fingerprint density at radius 3 is 2.00 bits per heavy atom. The first-order valence-electron chi connectivity index (χ1n) is 8.29. The lowest BCUT2D eigenvalue weighted by Gasteiger charge is -2.22. The molecular formula is C22H21F2N. The standard InChI is InChI=1S/C22H21F2N/c1-21(2,3)17-10-12-18(13-11-17)22(23,24)19-8-6-7-16(15-19)20-9-4-5-14-25-20/h4-15H,1-3H3. The molecule has 0 unspecified atom stereocenters. The normalized spacial score (nSPS) is 12.2. The summed E-state index contributed by atoms with van der Waals surface area (Å²) in [4.78, 5) is 4.24. The second-order valence-corrected chi connectivity index (χ2v) is 7.20. The number of halogens is 2. The summed E-state index contributed by atoms with van der Waals surface area (Å²) in [6, 6.07) is 18.5. The van der Waals surface area contributed by atoms with E-state index in [2.05, 4.69) is 25.8 Å². The van der Waals surface area contributed by atoms with E-state index in [1.54, 1.807) is 36.5 Å². The van der Waals surface area contributed by atoms with Gasteiger partial charge in [0, 0.05) is 22.9 Å². The van der Waals surface area contributed by atoms with Gasteiger partial charge in [-0.3, -0.25) is 4.98 Å². The molecule has 0 saturated heterocycles. The first-order chi connectivity index (χ1) is 11.8. The van der Waals surface area contributed by atoms with Crippen LogP contribution in [0.2, 0.25) is 0 Å². The Labute approximate surface area is 147 Å². The molecule has 0 aliphatic carbocycles. The van der Waals surface area contributed by atoms with Crippen molar-refractivity contribution in [2.24, 2.45) is 0 Å². The Hall–Kier alpha value is -2.55. The van der Waals surface area contributed by atoms with Crippen molar-refractivity contribution in [2.75, 3.05) is 0 Å². The predicted octanol–water partition coefficient (Wildman–Crippen LogP) is 6.19. The number of benzene rings is 2. The smallest absolute Gasteiger partial charge is 0.256 e. The maximum absolute atomic E-state index is 15.0. The van der Waals surface area contributed by atoms with Crippen LogP contribution in [0.4, 0.5) is 8.78 Å². The third-order valence-corrected chi connectivity index (χ3v) is 4.30. The number of aromatic nitrogens is 1. The molecule has 1 aromatic heterocycles. The van der Waals surface area contributed by atoms with E-state index < -0.39 is 5.92 Å². The third kappa shape index (κ3) is 3.60. The molecule has 1 nitrogen and oxygen atoms in total. The molecule has 0 saturated carbocycles. The van der Waals surface area contributed by atoms with E-state index in [9.17, 15) is 8.78 Å². The van der Waals surface area contributed by atoms with Crippen LogP contribution in [0.3, 0.4) is 0 Å². The fourth-order valence-electron chi connectivity index (χ4n) is 2.75. The fourth-order valence-corrected chi connectivity index (χ4v) is 2.75. The zero-order valence-corrected chi connectivity index (χ0v) is 14.6. The minimum absolute atomic E-state index is 0.00123. The average molecular weight is 337 g/mol. The molecule has 1 heterocycles. The second-order valence-electron chi connectivity index (χ2n) is 7.20. The molecule has 0 amide bonds. The number of alkyl halides is 2. The van der Waals surface area contributed by atoms with Gasteiger partial charge in [-0.1, -0.05) is 69.3 Å². The molecule has 0 radical (unpaired) electrons. The lowest BCUT2D eigenvalue weighted by Crippen LogP contribution is -2.17. The highest BCUT2D eigenvalue weighted by molar-refractivity contribution is 5.60. The van der Waals surface area contributed by atoms with Gasteiger partial charge < -0.3 is 0 Å². The molecule has 0 aliphatic rings. The molecular weight excluding hydrogens is 316 g/mol. The summed E-state index contributed by atoms with van der Waals surface area (Å²) < 4.78 is 30.0. The minimum atomic E-state index is -3.05. The summed E-state index contributed by atoms with van der Waals surface area (Å²) in [5.41, 5.74) is 2.31. The molecule has 25 heavy (non-hydrogen) atoms. The third-order valence-electron chi connectivity index (χ3n) is 4.30. The summed E-state index contributed by atoms with van der Waals surface area (Å²) in [7, 11) is 0. The Bertz CT molecular complexity index is 847. The lowest BCUT2D eigenvalue weighted by atomic mass is 9.86. The number of hydrogen-bond donors (Lipinski definition) is 0. The quantitative estimate of drug-likeness (QED) is 0.555. The van der Waals surface area contributed by atoms with Gasteiger partial charge in [-0.15, -0.1) is 0 Å². The van der Waals surface area contributed by atoms with E-state index in [-0.39, 0.29) is 16.5 Å². The second kappa shape index (κ2) is 6.40. The number of rotatable bonds is 3. The van der Waals surface area contributed by atoms with E-state index in [0.29, 0.717) is 11.3 Å². The molecule has 0 bridgehead atoms. The zero-order chi connectivity index (χ0) is 18.1. The van der Waals surface area contributed by atoms with Crippen LogP contribution in [0.5, 0.6) is 0 Å². The molecule has 3 aromatic rings. The van der Waals surface area contributed by atoms with Gasteiger partial charge in [0.1, 0.15) is 0 Å². The van der Waals surface area contributed by atoms with Gasteiger partial charge in [0.25, 0.3) is 5.92 Å². The van der Waals surface area contributed by atoms with Gasteiger partial charge in [0.15, 0.2) is 0 Å². The highest BCUT2D eigenvalue weighted by Gasteiger charge is 2.34. The Morgan fingerprint density at radius 2 is 1.40 bits per heavy atom. The number of hydrogen-bond acceptors (Lipinski definition) is 1. The monoisotopic (exact) mass is 337 g/mol. The summed E-state index contributed by atoms with van der Waals surface area (Å²) in [6.45, 7) is 6.20. The average Bonchev–Trinajstić information content (AvgIpc) is 2.62. The van der Waals surface area contributed by atoms with Crippen LogP contribution >= 0.6 is 0 Å². The highest BCUT2D eigenvalue weighted by Crippen LogP contribution is 2.37. The zero-order valence-electron chi connectivity index (χ0n) is 14.6. The topological polar surface area (TPSA) is 12.9 Å². The predicted molar refractivity (Wildman–Crippen MR) is 97.8 cm³/mol. The molecule has 3 rings (SSSR count). The van der Waals surface area contributed by atoms with Gasteiger partial charge in [-0.05, 0) is 29.2 Å². The van der Waals surface area contributed by atoms with Gasteiger partial charge in [-0.2, -0.15) is 8.78 Å². The minimum Gasteiger partial charge on any atom is -0.256 e. The van der Waals surface area contributed by atoms with Crippen LogP contribution in [0, 0.1) is 0 Å². The van der Waals surface area contributed by atoms with E-state index >= 15 is 0 Å². The van der Waals surface area contributed by atoms with E-state index in [4.69, 9.17) is 0 Å². The van der Waals surface area contributed by atoms with Crippen LogP contribution in [0.1, 0.15) is 37.5 Å². The van der Waals surface area contributed by atoms with Gasteiger partial charge in [0.05, 0.1) is 5.69 Å². The highest BCUT2D eigenvalue weighted by atomic mass is 19.3. The van der Waals surface area contributed by atoms with E-state index in [0.717, 1.165) is 5.56 Å². The number of nitrogens with zero attached hydrogens (tertiary/aromatic N) is 1. The van der Waals surface area contributed by atoms with Crippen molar-refractivity contribution in [3.8, 4) is 11.3 Å². The first-order valence-corrected chi connectivity index (χ1v) is 8.29. The molecule has 0 spiro atoms. The molecule has 0 N–H and O–H groups in total. The summed E-state index contributed by atoms with van der Waals surface area (Å²) in [5, 5.41) is 0. The van der Waals surface area contributed by atoms with Gasteiger partial charge >= 0.3 is 0 Å². The molecule has 0 aliphatic heterocycles. The van der Waals surface area contributed by atoms with Crippen LogP contribution in [0.15, 0.2) is 72.9 Å². The van der Waals surface area contributed by atoms with Crippen molar-refractivity contribution in [1.29, 1.82) is 0 Å². The molecule has 3 heteroatoms. The van der Waals surface area contributed by atoms with Crippen molar-refractivity contribution >= 4 is 0 Å². The summed E-state index contributed by atoms with van der Waals surface area (Å²) >= 11 is 0. The Balaban J connectivity index is 1.97. The summed E-state index contributed by atoms with van der Waals surface area (Å²) in [6.07, 6.45) is 1.66. The van der Waals surface area contributed by atoms with E-state index in [1.165, 1.54) is 24.3 Å². The molecule has 2 aromatic carbocycles. The van der Waals surface area contributed by atoms with Crippen molar-refractivity contribution in [1.82, 2.24) is 4.98 Å². The first kappa shape index (κ1) is 17.3. The maximum atomic E-state index is 15.0. The van der Waals surface area contributed by atoms with Crippen molar-refractivity contribution in [3.63, 3.8) is 0 Å². The Kier molecular flexibility index (Phi) is 4.42. The molecule has 128 valence electrons. The lowest BCUT2D eigenvalue weighted by molar-refractivity contribution is 0.0428. The maximum Gasteiger partial charge on any atom is 0.298 e. The van der Waals surface area contributed by atoms with Crippen LogP contribution in [0.25, 0.3) is 11.3 Å². The summed E-state index contributed by atoms with van der Waals surface area (Å²) in [5.74, 6) is -3.05. The van der Waals surface area contributed by atoms with Gasteiger partial charge in [0.2, 0.25) is 0 Å². The van der Waals surface area contributed by atoms with Crippen molar-refractivity contribution < 1.29 is 8.78 Å². The molecule has 0 atom stereocenters. The Morgan fingerprint density at radius 1 is 0.720 bits per heavy atom. The van der Waals surface area contributed by atoms with Crippen molar-refractivity contribution in [2.45, 2.75) is 32.1 Å². The SMILES string of the molecule is CC(C)(C)c1ccc(C(F)(F)c2cccc(-c3ccccn3)c2)cc1. The molecule has 0 fully saturated rings. The number of pyridine rings is 1.